The largest absolute Gasteiger partial charge is 0.338 e. The summed E-state index contributed by atoms with van der Waals surface area (Å²) in [5, 5.41) is 0. The first-order valence-corrected chi connectivity index (χ1v) is 8.42. The third-order valence-electron chi connectivity index (χ3n) is 2.87. The zero-order chi connectivity index (χ0) is 15.0. The van der Waals surface area contributed by atoms with Crippen LogP contribution in [0.25, 0.3) is 0 Å². The molecule has 20 heavy (non-hydrogen) atoms. The van der Waals surface area contributed by atoms with Crippen LogP contribution in [-0.4, -0.2) is 38.1 Å². The molecule has 1 rings (SSSR count). The Labute approximate surface area is 121 Å². The van der Waals surface area contributed by atoms with E-state index >= 15 is 0 Å². The van der Waals surface area contributed by atoms with E-state index in [0.29, 0.717) is 19.5 Å². The molecule has 0 aliphatic rings. The van der Waals surface area contributed by atoms with Crippen molar-refractivity contribution in [2.45, 2.75) is 26.8 Å². The van der Waals surface area contributed by atoms with E-state index in [2.05, 4.69) is 4.72 Å². The highest BCUT2D eigenvalue weighted by Gasteiger charge is 2.15. The molecule has 1 aromatic rings. The fraction of sp³-hybridized carbons (Fsp3) is 0.500. The normalized spacial score (nSPS) is 11.3. The van der Waals surface area contributed by atoms with E-state index in [1.807, 2.05) is 37.3 Å². The number of rotatable bonds is 8. The molecule has 0 radical (unpaired) electrons. The predicted octanol–water partition coefficient (Wildman–Crippen LogP) is 1.36. The van der Waals surface area contributed by atoms with Crippen LogP contribution in [-0.2, 0) is 21.4 Å². The minimum Gasteiger partial charge on any atom is -0.338 e. The first-order valence-electron chi connectivity index (χ1n) is 6.77. The minimum absolute atomic E-state index is 0.0467. The smallest absolute Gasteiger partial charge is 0.237 e. The summed E-state index contributed by atoms with van der Waals surface area (Å²) in [7, 11) is -3.34. The molecule has 1 aromatic carbocycles. The zero-order valence-electron chi connectivity index (χ0n) is 12.0. The van der Waals surface area contributed by atoms with Gasteiger partial charge in [0.2, 0.25) is 15.9 Å². The Bertz CT molecular complexity index is 514. The van der Waals surface area contributed by atoms with Crippen molar-refractivity contribution in [1.82, 2.24) is 9.62 Å². The van der Waals surface area contributed by atoms with Gasteiger partial charge < -0.3 is 4.90 Å². The van der Waals surface area contributed by atoms with Gasteiger partial charge in [0.1, 0.15) is 0 Å². The number of hydrogen-bond donors (Lipinski definition) is 1. The fourth-order valence-corrected chi connectivity index (χ4v) is 2.83. The van der Waals surface area contributed by atoms with Gasteiger partial charge in [0.05, 0.1) is 12.3 Å². The second kappa shape index (κ2) is 8.01. The summed E-state index contributed by atoms with van der Waals surface area (Å²) in [6.45, 7) is 4.52. The second-order valence-electron chi connectivity index (χ2n) is 4.53. The lowest BCUT2D eigenvalue weighted by Gasteiger charge is -2.21. The molecule has 6 heteroatoms. The number of sulfonamides is 1. The van der Waals surface area contributed by atoms with E-state index in [9.17, 15) is 13.2 Å². The lowest BCUT2D eigenvalue weighted by molar-refractivity contribution is -0.130. The molecule has 0 atom stereocenters. The molecule has 0 aliphatic carbocycles. The van der Waals surface area contributed by atoms with E-state index in [4.69, 9.17) is 0 Å². The van der Waals surface area contributed by atoms with Crippen molar-refractivity contribution in [3.05, 3.63) is 35.9 Å². The summed E-state index contributed by atoms with van der Waals surface area (Å²) >= 11 is 0. The number of benzene rings is 1. The summed E-state index contributed by atoms with van der Waals surface area (Å²) < 4.78 is 25.4. The molecule has 0 spiro atoms. The van der Waals surface area contributed by atoms with Gasteiger partial charge >= 0.3 is 0 Å². The summed E-state index contributed by atoms with van der Waals surface area (Å²) in [6.07, 6.45) is 0.533. The third-order valence-corrected chi connectivity index (χ3v) is 4.40. The quantitative estimate of drug-likeness (QED) is 0.788. The Kier molecular flexibility index (Phi) is 6.67. The molecule has 1 N–H and O–H groups in total. The van der Waals surface area contributed by atoms with E-state index in [1.165, 1.54) is 0 Å². The lowest BCUT2D eigenvalue weighted by Crippen LogP contribution is -2.40. The highest BCUT2D eigenvalue weighted by molar-refractivity contribution is 7.89. The molecule has 0 aliphatic heterocycles. The molecule has 0 heterocycles. The van der Waals surface area contributed by atoms with Crippen molar-refractivity contribution in [3.63, 3.8) is 0 Å². The minimum atomic E-state index is -3.34. The van der Waals surface area contributed by atoms with Gasteiger partial charge in [-0.05, 0) is 18.9 Å². The van der Waals surface area contributed by atoms with E-state index in [0.717, 1.165) is 5.56 Å². The van der Waals surface area contributed by atoms with Crippen LogP contribution in [0.15, 0.2) is 30.3 Å². The molecular formula is C14H22N2O3S. The SMILES string of the molecule is CCCS(=O)(=O)NCC(=O)N(CC)Cc1ccccc1. The predicted molar refractivity (Wildman–Crippen MR) is 79.6 cm³/mol. The maximum absolute atomic E-state index is 12.0. The van der Waals surface area contributed by atoms with Gasteiger partial charge in [0.15, 0.2) is 0 Å². The number of hydrogen-bond acceptors (Lipinski definition) is 3. The fourth-order valence-electron chi connectivity index (χ4n) is 1.80. The molecular weight excluding hydrogens is 276 g/mol. The molecule has 5 nitrogen and oxygen atoms in total. The molecule has 0 aromatic heterocycles. The highest BCUT2D eigenvalue weighted by atomic mass is 32.2. The van der Waals surface area contributed by atoms with Crippen LogP contribution in [0.1, 0.15) is 25.8 Å². The van der Waals surface area contributed by atoms with Crippen LogP contribution < -0.4 is 4.72 Å². The van der Waals surface area contributed by atoms with E-state index in [-0.39, 0.29) is 18.2 Å². The van der Waals surface area contributed by atoms with Crippen LogP contribution in [0.2, 0.25) is 0 Å². The van der Waals surface area contributed by atoms with Crippen molar-refractivity contribution >= 4 is 15.9 Å². The monoisotopic (exact) mass is 298 g/mol. The van der Waals surface area contributed by atoms with Crippen molar-refractivity contribution in [2.75, 3.05) is 18.8 Å². The lowest BCUT2D eigenvalue weighted by atomic mass is 10.2. The van der Waals surface area contributed by atoms with Crippen LogP contribution in [0.3, 0.4) is 0 Å². The van der Waals surface area contributed by atoms with Crippen LogP contribution in [0.4, 0.5) is 0 Å². The standard InChI is InChI=1S/C14H22N2O3S/c1-3-10-20(18,19)15-11-14(17)16(4-2)12-13-8-6-5-7-9-13/h5-9,15H,3-4,10-12H2,1-2H3. The van der Waals surface area contributed by atoms with Gasteiger partial charge in [0.25, 0.3) is 0 Å². The first-order chi connectivity index (χ1) is 9.48. The second-order valence-corrected chi connectivity index (χ2v) is 6.46. The topological polar surface area (TPSA) is 66.5 Å². The number of nitrogens with zero attached hydrogens (tertiary/aromatic N) is 1. The third kappa shape index (κ3) is 5.71. The zero-order valence-corrected chi connectivity index (χ0v) is 12.8. The average Bonchev–Trinajstić information content (AvgIpc) is 2.43. The molecule has 0 saturated carbocycles. The average molecular weight is 298 g/mol. The first kappa shape index (κ1) is 16.7. The number of carbonyl (C=O) groups is 1. The Hall–Kier alpha value is -1.40. The number of likely N-dealkylation sites (N-methyl/N-ethyl adjacent to an activating group) is 1. The maximum Gasteiger partial charge on any atom is 0.237 e. The highest BCUT2D eigenvalue weighted by Crippen LogP contribution is 2.04. The van der Waals surface area contributed by atoms with Gasteiger partial charge in [-0.2, -0.15) is 0 Å². The Morgan fingerprint density at radius 3 is 2.40 bits per heavy atom. The molecule has 112 valence electrons. The number of nitrogens with one attached hydrogen (secondary N) is 1. The number of amides is 1. The van der Waals surface area contributed by atoms with E-state index < -0.39 is 10.0 Å². The van der Waals surface area contributed by atoms with Gasteiger partial charge in [-0.3, -0.25) is 4.79 Å². The van der Waals surface area contributed by atoms with Crippen molar-refractivity contribution in [2.24, 2.45) is 0 Å². The van der Waals surface area contributed by atoms with Crippen LogP contribution >= 0.6 is 0 Å². The van der Waals surface area contributed by atoms with Crippen molar-refractivity contribution in [3.8, 4) is 0 Å². The summed E-state index contributed by atoms with van der Waals surface area (Å²) in [4.78, 5) is 13.7. The van der Waals surface area contributed by atoms with E-state index in [1.54, 1.807) is 11.8 Å². The van der Waals surface area contributed by atoms with Crippen molar-refractivity contribution in [1.29, 1.82) is 0 Å². The van der Waals surface area contributed by atoms with Crippen molar-refractivity contribution < 1.29 is 13.2 Å². The molecule has 0 fully saturated rings. The summed E-state index contributed by atoms with van der Waals surface area (Å²) in [5.74, 6) is -0.165. The van der Waals surface area contributed by atoms with Gasteiger partial charge in [-0.25, -0.2) is 13.1 Å². The van der Waals surface area contributed by atoms with Crippen LogP contribution in [0.5, 0.6) is 0 Å². The summed E-state index contributed by atoms with van der Waals surface area (Å²) in [6, 6.07) is 9.63. The van der Waals surface area contributed by atoms with Crippen LogP contribution in [0, 0.1) is 0 Å². The molecule has 0 unspecified atom stereocenters. The molecule has 1 amide bonds. The Balaban J connectivity index is 2.55. The Morgan fingerprint density at radius 1 is 1.20 bits per heavy atom. The molecule has 0 bridgehead atoms. The summed E-state index contributed by atoms with van der Waals surface area (Å²) in [5.41, 5.74) is 1.03. The maximum atomic E-state index is 12.0. The van der Waals surface area contributed by atoms with Gasteiger partial charge in [0, 0.05) is 13.1 Å². The number of carbonyl (C=O) groups excluding carboxylic acids is 1. The van der Waals surface area contributed by atoms with Gasteiger partial charge in [-0.1, -0.05) is 37.3 Å². The Morgan fingerprint density at radius 2 is 1.85 bits per heavy atom. The van der Waals surface area contributed by atoms with Gasteiger partial charge in [-0.15, -0.1) is 0 Å². The molecule has 0 saturated heterocycles.